The molecular weight excluding hydrogens is 380 g/mol. The van der Waals surface area contributed by atoms with E-state index in [-0.39, 0.29) is 35.3 Å². The molecule has 0 amide bonds. The predicted molar refractivity (Wildman–Crippen MR) is 112 cm³/mol. The lowest BCUT2D eigenvalue weighted by molar-refractivity contribution is -0.168. The third kappa shape index (κ3) is 3.14. The van der Waals surface area contributed by atoms with Crippen LogP contribution in [-0.4, -0.2) is 30.9 Å². The lowest BCUT2D eigenvalue weighted by Crippen LogP contribution is -2.57. The summed E-state index contributed by atoms with van der Waals surface area (Å²) in [7, 11) is 1.45. The van der Waals surface area contributed by atoms with Crippen LogP contribution in [0.1, 0.15) is 79.1 Å². The summed E-state index contributed by atoms with van der Waals surface area (Å²) in [5, 5.41) is 0. The number of hydrogen-bond donors (Lipinski definition) is 0. The van der Waals surface area contributed by atoms with Gasteiger partial charge in [0.2, 0.25) is 0 Å². The first-order valence-corrected chi connectivity index (χ1v) is 11.9. The minimum absolute atomic E-state index is 0.0402. The highest BCUT2D eigenvalue weighted by Crippen LogP contribution is 2.67. The Hall–Kier alpha value is -1.39. The molecule has 0 spiro atoms. The molecule has 30 heavy (non-hydrogen) atoms. The zero-order valence-corrected chi connectivity index (χ0v) is 19.2. The normalized spacial score (nSPS) is 46.2. The van der Waals surface area contributed by atoms with Crippen LogP contribution >= 0.6 is 0 Å². The standard InChI is InChI=1S/C25H38O5/c1-14(23(28)29-5)19-8-9-20-18-7-6-16-12-17(30-15(2)26)10-11-24(16,3)21(18)13-22(27)25(19,20)4/h14,16-21H,6-13H2,1-5H3/t14-,16+,17+,18?,19+,20?,21?,24-,25+/m0/s1. The fraction of sp³-hybridized carbons (Fsp3) is 0.880. The maximum atomic E-state index is 13.7. The number of Topliss-reactive ketones (excluding diaryl/α,β-unsaturated/α-hetero) is 1. The van der Waals surface area contributed by atoms with Gasteiger partial charge in [0.15, 0.2) is 0 Å². The smallest absolute Gasteiger partial charge is 0.308 e. The summed E-state index contributed by atoms with van der Waals surface area (Å²) in [4.78, 5) is 37.4. The molecular formula is C25H38O5. The highest BCUT2D eigenvalue weighted by atomic mass is 16.5. The molecule has 0 aromatic heterocycles. The van der Waals surface area contributed by atoms with Crippen molar-refractivity contribution in [2.24, 2.45) is 46.3 Å². The second kappa shape index (κ2) is 7.63. The SMILES string of the molecule is COC(=O)[C@@H](C)[C@H]1CCC2C3CC[C@@H]4C[C@H](OC(C)=O)CC[C@]4(C)C3CC(=O)[C@@]21C. The molecule has 4 saturated carbocycles. The van der Waals surface area contributed by atoms with Crippen molar-refractivity contribution in [3.05, 3.63) is 0 Å². The number of ether oxygens (including phenoxy) is 2. The van der Waals surface area contributed by atoms with Crippen LogP contribution in [0, 0.1) is 46.3 Å². The molecule has 0 bridgehead atoms. The van der Waals surface area contributed by atoms with Gasteiger partial charge in [0, 0.05) is 18.8 Å². The molecule has 4 aliphatic rings. The minimum Gasteiger partial charge on any atom is -0.469 e. The van der Waals surface area contributed by atoms with Crippen molar-refractivity contribution in [3.63, 3.8) is 0 Å². The first kappa shape index (κ1) is 21.8. The average molecular weight is 419 g/mol. The Labute approximate surface area is 180 Å². The highest BCUT2D eigenvalue weighted by molar-refractivity contribution is 5.88. The monoisotopic (exact) mass is 418 g/mol. The summed E-state index contributed by atoms with van der Waals surface area (Å²) in [5.41, 5.74) is -0.241. The van der Waals surface area contributed by atoms with Gasteiger partial charge in [0.05, 0.1) is 13.0 Å². The van der Waals surface area contributed by atoms with Crippen molar-refractivity contribution in [2.75, 3.05) is 7.11 Å². The molecule has 4 aliphatic carbocycles. The van der Waals surface area contributed by atoms with Gasteiger partial charge in [-0.1, -0.05) is 20.8 Å². The van der Waals surface area contributed by atoms with Gasteiger partial charge in [-0.05, 0) is 80.0 Å². The van der Waals surface area contributed by atoms with Gasteiger partial charge < -0.3 is 9.47 Å². The maximum Gasteiger partial charge on any atom is 0.308 e. The molecule has 0 saturated heterocycles. The van der Waals surface area contributed by atoms with Gasteiger partial charge in [0.25, 0.3) is 0 Å². The first-order chi connectivity index (χ1) is 14.1. The summed E-state index contributed by atoms with van der Waals surface area (Å²) in [6, 6.07) is 0. The van der Waals surface area contributed by atoms with Crippen molar-refractivity contribution in [3.8, 4) is 0 Å². The van der Waals surface area contributed by atoms with E-state index < -0.39 is 5.41 Å². The van der Waals surface area contributed by atoms with E-state index in [1.807, 2.05) is 6.92 Å². The van der Waals surface area contributed by atoms with Crippen LogP contribution in [0.3, 0.4) is 0 Å². The molecule has 5 nitrogen and oxygen atoms in total. The summed E-state index contributed by atoms with van der Waals surface area (Å²) < 4.78 is 10.6. The summed E-state index contributed by atoms with van der Waals surface area (Å²) in [6.07, 6.45) is 7.89. The molecule has 0 aliphatic heterocycles. The number of rotatable bonds is 3. The van der Waals surface area contributed by atoms with Crippen LogP contribution in [0.5, 0.6) is 0 Å². The van der Waals surface area contributed by atoms with Gasteiger partial charge in [-0.15, -0.1) is 0 Å². The van der Waals surface area contributed by atoms with Crippen LogP contribution in [0.2, 0.25) is 0 Å². The highest BCUT2D eigenvalue weighted by Gasteiger charge is 2.64. The Balaban J connectivity index is 1.57. The molecule has 0 N–H and O–H groups in total. The molecule has 5 heteroatoms. The van der Waals surface area contributed by atoms with Crippen molar-refractivity contribution < 1.29 is 23.9 Å². The number of carbonyl (C=O) groups excluding carboxylic acids is 3. The topological polar surface area (TPSA) is 69.7 Å². The number of esters is 2. The van der Waals surface area contributed by atoms with E-state index in [2.05, 4.69) is 13.8 Å². The lowest BCUT2D eigenvalue weighted by atomic mass is 9.44. The second-order valence-electron chi connectivity index (χ2n) is 11.1. The van der Waals surface area contributed by atoms with E-state index in [9.17, 15) is 14.4 Å². The van der Waals surface area contributed by atoms with Crippen molar-refractivity contribution >= 4 is 17.7 Å². The number of hydrogen-bond acceptors (Lipinski definition) is 5. The third-order valence-electron chi connectivity index (χ3n) is 10.1. The van der Waals surface area contributed by atoms with Gasteiger partial charge >= 0.3 is 11.9 Å². The number of fused-ring (bicyclic) bond motifs is 5. The summed E-state index contributed by atoms with van der Waals surface area (Å²) >= 11 is 0. The molecule has 0 radical (unpaired) electrons. The molecule has 4 fully saturated rings. The van der Waals surface area contributed by atoms with Crippen LogP contribution in [0.25, 0.3) is 0 Å². The minimum atomic E-state index is -0.396. The predicted octanol–water partition coefficient (Wildman–Crippen LogP) is 4.57. The van der Waals surface area contributed by atoms with E-state index in [0.717, 1.165) is 44.9 Å². The third-order valence-corrected chi connectivity index (χ3v) is 10.1. The van der Waals surface area contributed by atoms with Crippen LogP contribution in [0.4, 0.5) is 0 Å². The molecule has 9 atom stereocenters. The van der Waals surface area contributed by atoms with Crippen LogP contribution in [-0.2, 0) is 23.9 Å². The molecule has 3 unspecified atom stereocenters. The zero-order chi connectivity index (χ0) is 21.8. The van der Waals surface area contributed by atoms with E-state index in [0.29, 0.717) is 35.9 Å². The van der Waals surface area contributed by atoms with Gasteiger partial charge in [-0.3, -0.25) is 14.4 Å². The largest absolute Gasteiger partial charge is 0.469 e. The molecule has 0 heterocycles. The summed E-state index contributed by atoms with van der Waals surface area (Å²) in [5.74, 6) is 1.77. The van der Waals surface area contributed by atoms with Crippen LogP contribution in [0.15, 0.2) is 0 Å². The number of methoxy groups -OCH3 is 1. The van der Waals surface area contributed by atoms with E-state index in [1.54, 1.807) is 0 Å². The van der Waals surface area contributed by atoms with E-state index >= 15 is 0 Å². The van der Waals surface area contributed by atoms with Crippen LogP contribution < -0.4 is 0 Å². The maximum absolute atomic E-state index is 13.7. The Kier molecular flexibility index (Phi) is 5.55. The Morgan fingerprint density at radius 3 is 2.47 bits per heavy atom. The first-order valence-electron chi connectivity index (χ1n) is 11.9. The number of ketones is 1. The van der Waals surface area contributed by atoms with E-state index in [4.69, 9.17) is 9.47 Å². The van der Waals surface area contributed by atoms with E-state index in [1.165, 1.54) is 14.0 Å². The second-order valence-corrected chi connectivity index (χ2v) is 11.1. The van der Waals surface area contributed by atoms with Gasteiger partial charge in [0.1, 0.15) is 11.9 Å². The lowest BCUT2D eigenvalue weighted by Gasteiger charge is -2.60. The molecule has 0 aromatic carbocycles. The average Bonchev–Trinajstić information content (AvgIpc) is 3.06. The number of carbonyl (C=O) groups is 3. The molecule has 0 aromatic rings. The Bertz CT molecular complexity index is 731. The summed E-state index contributed by atoms with van der Waals surface area (Å²) in [6.45, 7) is 7.99. The fourth-order valence-corrected chi connectivity index (χ4v) is 8.45. The Morgan fingerprint density at radius 2 is 1.80 bits per heavy atom. The van der Waals surface area contributed by atoms with Gasteiger partial charge in [-0.25, -0.2) is 0 Å². The zero-order valence-electron chi connectivity index (χ0n) is 19.2. The van der Waals surface area contributed by atoms with Crippen molar-refractivity contribution in [2.45, 2.75) is 85.2 Å². The van der Waals surface area contributed by atoms with Crippen molar-refractivity contribution in [1.82, 2.24) is 0 Å². The van der Waals surface area contributed by atoms with Gasteiger partial charge in [-0.2, -0.15) is 0 Å². The molecule has 168 valence electrons. The van der Waals surface area contributed by atoms with Crippen molar-refractivity contribution in [1.29, 1.82) is 0 Å². The molecule has 4 rings (SSSR count). The quantitative estimate of drug-likeness (QED) is 0.628. The fourth-order valence-electron chi connectivity index (χ4n) is 8.45. The Morgan fingerprint density at radius 1 is 1.07 bits per heavy atom.